The third-order valence-corrected chi connectivity index (χ3v) is 9.32. The molecule has 2 aromatic heterocycles. The number of allylic oxidation sites excluding steroid dienone is 3. The summed E-state index contributed by atoms with van der Waals surface area (Å²) in [5.41, 5.74) is 0.470. The molecular formula is C29H31ClF3N5O4S. The number of ether oxygens (including phenoxy) is 1. The zero-order valence-electron chi connectivity index (χ0n) is 23.1. The van der Waals surface area contributed by atoms with E-state index in [9.17, 15) is 26.4 Å². The second-order valence-electron chi connectivity index (χ2n) is 9.86. The van der Waals surface area contributed by atoms with Crippen LogP contribution in [0.25, 0.3) is 11.0 Å². The Morgan fingerprint density at radius 1 is 1.21 bits per heavy atom. The van der Waals surface area contributed by atoms with Crippen LogP contribution in [-0.2, 0) is 27.4 Å². The molecule has 1 aliphatic carbocycles. The highest BCUT2D eigenvalue weighted by atomic mass is 35.5. The highest BCUT2D eigenvalue weighted by molar-refractivity contribution is 7.92. The number of anilines is 1. The molecule has 1 aromatic carbocycles. The number of alkyl halides is 3. The molecular weight excluding hydrogens is 607 g/mol. The molecule has 3 aromatic rings. The zero-order valence-corrected chi connectivity index (χ0v) is 24.7. The monoisotopic (exact) mass is 637 g/mol. The Morgan fingerprint density at radius 3 is 2.70 bits per heavy atom. The lowest BCUT2D eigenvalue weighted by molar-refractivity contribution is -0.137. The van der Waals surface area contributed by atoms with E-state index in [4.69, 9.17) is 16.3 Å². The minimum atomic E-state index is -4.52. The predicted molar refractivity (Wildman–Crippen MR) is 159 cm³/mol. The van der Waals surface area contributed by atoms with Gasteiger partial charge in [-0.1, -0.05) is 43.2 Å². The molecule has 0 bridgehead atoms. The molecule has 0 unspecified atom stereocenters. The number of aromatic nitrogens is 3. The molecule has 0 atom stereocenters. The van der Waals surface area contributed by atoms with Gasteiger partial charge in [0.2, 0.25) is 5.91 Å². The van der Waals surface area contributed by atoms with E-state index in [1.165, 1.54) is 30.6 Å². The lowest BCUT2D eigenvalue weighted by Gasteiger charge is -2.13. The summed E-state index contributed by atoms with van der Waals surface area (Å²) in [7, 11) is -3.46. The second kappa shape index (κ2) is 14.1. The van der Waals surface area contributed by atoms with Crippen LogP contribution in [0.15, 0.2) is 78.5 Å². The Hall–Kier alpha value is -3.84. The van der Waals surface area contributed by atoms with E-state index < -0.39 is 38.5 Å². The van der Waals surface area contributed by atoms with Gasteiger partial charge in [0.1, 0.15) is 29.1 Å². The van der Waals surface area contributed by atoms with Crippen LogP contribution in [0.4, 0.5) is 19.0 Å². The van der Waals surface area contributed by atoms with Gasteiger partial charge in [-0.15, -0.1) is 0 Å². The number of benzene rings is 1. The number of carbonyl (C=O) groups is 1. The summed E-state index contributed by atoms with van der Waals surface area (Å²) in [5.74, 6) is -0.497. The normalized spacial score (nSPS) is 15.1. The Kier molecular flexibility index (Phi) is 10.5. The molecule has 2 N–H and O–H groups in total. The van der Waals surface area contributed by atoms with Gasteiger partial charge < -0.3 is 19.9 Å². The number of carbonyl (C=O) groups excluding carboxylic acids is 1. The van der Waals surface area contributed by atoms with Gasteiger partial charge in [0.25, 0.3) is 0 Å². The maximum absolute atomic E-state index is 13.1. The van der Waals surface area contributed by atoms with Gasteiger partial charge in [0.05, 0.1) is 21.4 Å². The van der Waals surface area contributed by atoms with Crippen LogP contribution in [0.5, 0.6) is 5.75 Å². The minimum Gasteiger partial charge on any atom is -0.456 e. The fourth-order valence-corrected chi connectivity index (χ4v) is 6.57. The summed E-state index contributed by atoms with van der Waals surface area (Å²) < 4.78 is 71.6. The van der Waals surface area contributed by atoms with Crippen LogP contribution in [-0.4, -0.2) is 53.0 Å². The van der Waals surface area contributed by atoms with E-state index in [0.717, 1.165) is 25.0 Å². The average Bonchev–Trinajstić information content (AvgIpc) is 3.65. The van der Waals surface area contributed by atoms with Crippen molar-refractivity contribution in [1.82, 2.24) is 19.9 Å². The molecule has 0 spiro atoms. The lowest BCUT2D eigenvalue weighted by atomic mass is 10.2. The van der Waals surface area contributed by atoms with Crippen molar-refractivity contribution >= 4 is 44.2 Å². The highest BCUT2D eigenvalue weighted by Crippen LogP contribution is 2.32. The van der Waals surface area contributed by atoms with Crippen LogP contribution < -0.4 is 15.4 Å². The Balaban J connectivity index is 1.37. The maximum Gasteiger partial charge on any atom is 0.416 e. The number of halogens is 4. The molecule has 4 rings (SSSR count). The van der Waals surface area contributed by atoms with Crippen molar-refractivity contribution in [2.24, 2.45) is 0 Å². The van der Waals surface area contributed by atoms with E-state index in [1.807, 2.05) is 4.57 Å². The van der Waals surface area contributed by atoms with E-state index in [0.29, 0.717) is 36.2 Å². The SMILES string of the molecule is C=C/C(Cl)=C(\C=C/CNc1ncnc2ccn(CCNC(=O)CS(=O)(=O)C3CCCC3)c12)Oc1cccc(C(F)(F)F)c1. The van der Waals surface area contributed by atoms with Crippen molar-refractivity contribution in [2.75, 3.05) is 24.2 Å². The first-order valence-electron chi connectivity index (χ1n) is 13.5. The summed E-state index contributed by atoms with van der Waals surface area (Å²) >= 11 is 6.19. The first kappa shape index (κ1) is 32.1. The maximum atomic E-state index is 13.1. The summed E-state index contributed by atoms with van der Waals surface area (Å²) in [4.78, 5) is 20.9. The van der Waals surface area contributed by atoms with E-state index in [1.54, 1.807) is 18.3 Å². The van der Waals surface area contributed by atoms with Gasteiger partial charge in [-0.25, -0.2) is 18.4 Å². The van der Waals surface area contributed by atoms with Gasteiger partial charge in [-0.3, -0.25) is 4.79 Å². The summed E-state index contributed by atoms with van der Waals surface area (Å²) in [6.07, 6.45) is 6.09. The molecule has 1 saturated carbocycles. The molecule has 1 fully saturated rings. The molecule has 9 nitrogen and oxygen atoms in total. The highest BCUT2D eigenvalue weighted by Gasteiger charge is 2.31. The molecule has 0 aliphatic heterocycles. The van der Waals surface area contributed by atoms with Gasteiger partial charge in [0, 0.05) is 25.8 Å². The predicted octanol–water partition coefficient (Wildman–Crippen LogP) is 5.61. The van der Waals surface area contributed by atoms with Crippen LogP contribution in [0.3, 0.4) is 0 Å². The number of sulfone groups is 1. The summed E-state index contributed by atoms with van der Waals surface area (Å²) in [6, 6.07) is 6.23. The van der Waals surface area contributed by atoms with Crippen molar-refractivity contribution in [3.63, 3.8) is 0 Å². The number of hydrogen-bond donors (Lipinski definition) is 2. The largest absolute Gasteiger partial charge is 0.456 e. The minimum absolute atomic E-state index is 0.0407. The number of nitrogens with one attached hydrogen (secondary N) is 2. The molecule has 230 valence electrons. The molecule has 0 saturated heterocycles. The van der Waals surface area contributed by atoms with Crippen molar-refractivity contribution in [3.05, 3.63) is 84.0 Å². The topological polar surface area (TPSA) is 115 Å². The average molecular weight is 638 g/mol. The zero-order chi connectivity index (χ0) is 31.0. The lowest BCUT2D eigenvalue weighted by Crippen LogP contribution is -2.35. The van der Waals surface area contributed by atoms with E-state index in [-0.39, 0.29) is 29.6 Å². The van der Waals surface area contributed by atoms with Gasteiger partial charge in [-0.05, 0) is 49.3 Å². The van der Waals surface area contributed by atoms with E-state index in [2.05, 4.69) is 27.2 Å². The third-order valence-electron chi connectivity index (χ3n) is 6.83. The fraction of sp³-hybridized carbons (Fsp3) is 0.345. The van der Waals surface area contributed by atoms with Crippen molar-refractivity contribution in [2.45, 2.75) is 43.7 Å². The first-order valence-corrected chi connectivity index (χ1v) is 15.6. The Bertz CT molecular complexity index is 1630. The second-order valence-corrected chi connectivity index (χ2v) is 12.5. The molecule has 0 radical (unpaired) electrons. The van der Waals surface area contributed by atoms with Gasteiger partial charge in [0.15, 0.2) is 15.7 Å². The van der Waals surface area contributed by atoms with E-state index >= 15 is 0 Å². The van der Waals surface area contributed by atoms with Crippen LogP contribution in [0, 0.1) is 0 Å². The molecule has 2 heterocycles. The van der Waals surface area contributed by atoms with Crippen molar-refractivity contribution < 1.29 is 31.1 Å². The molecule has 14 heteroatoms. The quantitative estimate of drug-likeness (QED) is 0.185. The Labute approximate surface area is 252 Å². The van der Waals surface area contributed by atoms with Crippen LogP contribution in [0.1, 0.15) is 31.2 Å². The summed E-state index contributed by atoms with van der Waals surface area (Å²) in [5, 5.41) is 5.51. The smallest absolute Gasteiger partial charge is 0.416 e. The van der Waals surface area contributed by atoms with Crippen LogP contribution >= 0.6 is 11.6 Å². The third kappa shape index (κ3) is 8.60. The van der Waals surface area contributed by atoms with Gasteiger partial charge in [-0.2, -0.15) is 13.2 Å². The number of hydrogen-bond acceptors (Lipinski definition) is 7. The first-order chi connectivity index (χ1) is 20.5. The fourth-order valence-electron chi connectivity index (χ4n) is 4.71. The standard InChI is InChI=1S/C29H31ClF3N5O4S/c1-2-23(30)25(42-21-8-5-7-20(17-21)29(31,32)33)11-6-13-35-28-27-24(36-19-37-28)12-15-38(27)16-14-34-26(39)18-43(40,41)22-9-3-4-10-22/h2,5-8,11-12,15,17,19,22H,1,3-4,9-10,13-14,16,18H2,(H,34,39)(H,35,36,37)/b11-6-,25-23-. The van der Waals surface area contributed by atoms with Crippen LogP contribution in [0.2, 0.25) is 0 Å². The molecule has 1 aliphatic rings. The number of rotatable bonds is 13. The molecule has 1 amide bonds. The molecule has 43 heavy (non-hydrogen) atoms. The number of amides is 1. The number of nitrogens with zero attached hydrogens (tertiary/aromatic N) is 3. The number of fused-ring (bicyclic) bond motifs is 1. The summed E-state index contributed by atoms with van der Waals surface area (Å²) in [6.45, 7) is 4.39. The van der Waals surface area contributed by atoms with Crippen molar-refractivity contribution in [1.29, 1.82) is 0 Å². The van der Waals surface area contributed by atoms with Crippen molar-refractivity contribution in [3.8, 4) is 5.75 Å². The van der Waals surface area contributed by atoms with Gasteiger partial charge >= 0.3 is 6.18 Å². The Morgan fingerprint density at radius 2 is 1.98 bits per heavy atom.